The van der Waals surface area contributed by atoms with Crippen molar-refractivity contribution in [3.63, 3.8) is 0 Å². The third kappa shape index (κ3) is 4.41. The summed E-state index contributed by atoms with van der Waals surface area (Å²) in [6.07, 6.45) is 5.09. The lowest BCUT2D eigenvalue weighted by Crippen LogP contribution is -2.36. The van der Waals surface area contributed by atoms with Gasteiger partial charge in [0.05, 0.1) is 6.61 Å². The van der Waals surface area contributed by atoms with Crippen molar-refractivity contribution in [3.05, 3.63) is 24.3 Å². The highest BCUT2D eigenvalue weighted by atomic mass is 16.5. The Bertz CT molecular complexity index is 406. The van der Waals surface area contributed by atoms with Gasteiger partial charge in [-0.3, -0.25) is 0 Å². The van der Waals surface area contributed by atoms with Gasteiger partial charge in [-0.25, -0.2) is 0 Å². The summed E-state index contributed by atoms with van der Waals surface area (Å²) < 4.78 is 5.79. The van der Waals surface area contributed by atoms with Crippen molar-refractivity contribution >= 4 is 5.69 Å². The molecule has 2 rings (SSSR count). The minimum Gasteiger partial charge on any atom is -0.493 e. The van der Waals surface area contributed by atoms with Crippen LogP contribution in [0.1, 0.15) is 39.5 Å². The average Bonchev–Trinajstić information content (AvgIpc) is 2.46. The molecule has 0 aromatic heterocycles. The molecule has 1 aliphatic rings. The summed E-state index contributed by atoms with van der Waals surface area (Å²) in [6, 6.07) is 8.80. The molecule has 20 heavy (non-hydrogen) atoms. The monoisotopic (exact) mass is 276 g/mol. The van der Waals surface area contributed by atoms with Gasteiger partial charge in [-0.2, -0.15) is 0 Å². The number of hydrogen-bond donors (Lipinski definition) is 2. The van der Waals surface area contributed by atoms with Crippen molar-refractivity contribution in [1.82, 2.24) is 0 Å². The zero-order chi connectivity index (χ0) is 14.4. The first-order valence-corrected chi connectivity index (χ1v) is 7.88. The van der Waals surface area contributed by atoms with E-state index >= 15 is 0 Å². The molecule has 0 bridgehead atoms. The van der Waals surface area contributed by atoms with E-state index in [1.165, 1.54) is 25.7 Å². The first-order valence-electron chi connectivity index (χ1n) is 7.88. The van der Waals surface area contributed by atoms with Crippen LogP contribution in [-0.2, 0) is 0 Å². The Balaban J connectivity index is 1.96. The molecule has 0 radical (unpaired) electrons. The van der Waals surface area contributed by atoms with Crippen molar-refractivity contribution < 1.29 is 4.74 Å². The molecule has 0 aliphatic heterocycles. The third-order valence-corrected chi connectivity index (χ3v) is 3.98. The quantitative estimate of drug-likeness (QED) is 0.833. The Labute approximate surface area is 122 Å². The van der Waals surface area contributed by atoms with Crippen molar-refractivity contribution in [2.75, 3.05) is 18.5 Å². The van der Waals surface area contributed by atoms with Crippen LogP contribution < -0.4 is 15.8 Å². The van der Waals surface area contributed by atoms with E-state index in [1.807, 2.05) is 6.07 Å². The standard InChI is InChI=1S/C17H28N2O/c1-13(2)12-20-16-8-5-7-15(10-16)19-17-9-4-3-6-14(17)11-18/h5,7-8,10,13-14,17,19H,3-4,6,9,11-12,18H2,1-2H3. The molecule has 112 valence electrons. The maximum atomic E-state index is 5.89. The Kier molecular flexibility index (Phi) is 5.72. The molecule has 0 spiro atoms. The predicted octanol–water partition coefficient (Wildman–Crippen LogP) is 3.65. The van der Waals surface area contributed by atoms with Gasteiger partial charge in [-0.15, -0.1) is 0 Å². The van der Waals surface area contributed by atoms with Crippen LogP contribution in [0.5, 0.6) is 5.75 Å². The Hall–Kier alpha value is -1.22. The van der Waals surface area contributed by atoms with Crippen molar-refractivity contribution in [2.24, 2.45) is 17.6 Å². The summed E-state index contributed by atoms with van der Waals surface area (Å²) >= 11 is 0. The number of ether oxygens (including phenoxy) is 1. The van der Waals surface area contributed by atoms with E-state index in [4.69, 9.17) is 10.5 Å². The van der Waals surface area contributed by atoms with Gasteiger partial charge in [0.1, 0.15) is 5.75 Å². The molecule has 1 saturated carbocycles. The number of nitrogens with one attached hydrogen (secondary N) is 1. The lowest BCUT2D eigenvalue weighted by atomic mass is 9.84. The van der Waals surface area contributed by atoms with Crippen LogP contribution in [0.2, 0.25) is 0 Å². The second-order valence-corrected chi connectivity index (χ2v) is 6.26. The summed E-state index contributed by atoms with van der Waals surface area (Å²) in [5.74, 6) is 2.10. The zero-order valence-electron chi connectivity index (χ0n) is 12.8. The summed E-state index contributed by atoms with van der Waals surface area (Å²) in [7, 11) is 0. The fourth-order valence-electron chi connectivity index (χ4n) is 2.83. The predicted molar refractivity (Wildman–Crippen MR) is 85.2 cm³/mol. The highest BCUT2D eigenvalue weighted by Crippen LogP contribution is 2.27. The van der Waals surface area contributed by atoms with Gasteiger partial charge in [0, 0.05) is 17.8 Å². The van der Waals surface area contributed by atoms with Crippen LogP contribution in [0, 0.1) is 11.8 Å². The van der Waals surface area contributed by atoms with E-state index in [9.17, 15) is 0 Å². The summed E-state index contributed by atoms with van der Waals surface area (Å²) in [6.45, 7) is 5.87. The van der Waals surface area contributed by atoms with Crippen molar-refractivity contribution in [1.29, 1.82) is 0 Å². The first-order chi connectivity index (χ1) is 9.69. The van der Waals surface area contributed by atoms with E-state index in [1.54, 1.807) is 0 Å². The molecule has 2 unspecified atom stereocenters. The van der Waals surface area contributed by atoms with Gasteiger partial charge in [0.15, 0.2) is 0 Å². The molecule has 0 amide bonds. The minimum absolute atomic E-state index is 0.508. The van der Waals surface area contributed by atoms with Crippen LogP contribution >= 0.6 is 0 Å². The molecule has 0 heterocycles. The molecule has 1 aromatic rings. The summed E-state index contributed by atoms with van der Waals surface area (Å²) in [5, 5.41) is 3.65. The largest absolute Gasteiger partial charge is 0.493 e. The number of rotatable bonds is 6. The number of hydrogen-bond acceptors (Lipinski definition) is 3. The van der Waals surface area contributed by atoms with Gasteiger partial charge < -0.3 is 15.8 Å². The van der Waals surface area contributed by atoms with Gasteiger partial charge >= 0.3 is 0 Å². The second kappa shape index (κ2) is 7.53. The van der Waals surface area contributed by atoms with Gasteiger partial charge in [-0.05, 0) is 43.4 Å². The van der Waals surface area contributed by atoms with Crippen LogP contribution in [0.15, 0.2) is 24.3 Å². The first kappa shape index (κ1) is 15.2. The van der Waals surface area contributed by atoms with E-state index in [0.29, 0.717) is 17.9 Å². The SMILES string of the molecule is CC(C)COc1cccc(NC2CCCCC2CN)c1. The smallest absolute Gasteiger partial charge is 0.121 e. The van der Waals surface area contributed by atoms with Crippen LogP contribution in [0.25, 0.3) is 0 Å². The second-order valence-electron chi connectivity index (χ2n) is 6.26. The third-order valence-electron chi connectivity index (χ3n) is 3.98. The normalized spacial score (nSPS) is 22.8. The van der Waals surface area contributed by atoms with Gasteiger partial charge in [-0.1, -0.05) is 32.8 Å². The summed E-state index contributed by atoms with van der Waals surface area (Å²) in [4.78, 5) is 0. The van der Waals surface area contributed by atoms with Crippen molar-refractivity contribution in [2.45, 2.75) is 45.6 Å². The molecular formula is C17H28N2O. The lowest BCUT2D eigenvalue weighted by Gasteiger charge is -2.32. The number of anilines is 1. The van der Waals surface area contributed by atoms with Crippen LogP contribution in [0.3, 0.4) is 0 Å². The fourth-order valence-corrected chi connectivity index (χ4v) is 2.83. The molecule has 3 nitrogen and oxygen atoms in total. The highest BCUT2D eigenvalue weighted by molar-refractivity contribution is 5.49. The van der Waals surface area contributed by atoms with Crippen LogP contribution in [0.4, 0.5) is 5.69 Å². The number of benzene rings is 1. The zero-order valence-corrected chi connectivity index (χ0v) is 12.8. The molecular weight excluding hydrogens is 248 g/mol. The molecule has 1 aliphatic carbocycles. The molecule has 1 fully saturated rings. The van der Waals surface area contributed by atoms with E-state index in [0.717, 1.165) is 24.6 Å². The minimum atomic E-state index is 0.508. The van der Waals surface area contributed by atoms with Gasteiger partial charge in [0.25, 0.3) is 0 Å². The van der Waals surface area contributed by atoms with E-state index < -0.39 is 0 Å². The average molecular weight is 276 g/mol. The Morgan fingerprint density at radius 3 is 2.85 bits per heavy atom. The molecule has 0 saturated heterocycles. The Morgan fingerprint density at radius 2 is 2.10 bits per heavy atom. The Morgan fingerprint density at radius 1 is 1.30 bits per heavy atom. The van der Waals surface area contributed by atoms with Crippen LogP contribution in [-0.4, -0.2) is 19.2 Å². The maximum absolute atomic E-state index is 5.89. The van der Waals surface area contributed by atoms with E-state index in [-0.39, 0.29) is 0 Å². The van der Waals surface area contributed by atoms with Crippen molar-refractivity contribution in [3.8, 4) is 5.75 Å². The number of nitrogens with two attached hydrogens (primary N) is 1. The molecule has 3 N–H and O–H groups in total. The molecule has 2 atom stereocenters. The summed E-state index contributed by atoms with van der Waals surface area (Å²) in [5.41, 5.74) is 7.04. The van der Waals surface area contributed by atoms with Gasteiger partial charge in [0.2, 0.25) is 0 Å². The van der Waals surface area contributed by atoms with E-state index in [2.05, 4.69) is 37.4 Å². The lowest BCUT2D eigenvalue weighted by molar-refractivity contribution is 0.271. The fraction of sp³-hybridized carbons (Fsp3) is 0.647. The topological polar surface area (TPSA) is 47.3 Å². The molecule has 3 heteroatoms. The highest BCUT2D eigenvalue weighted by Gasteiger charge is 2.23. The maximum Gasteiger partial charge on any atom is 0.121 e. The molecule has 1 aromatic carbocycles.